The average Bonchev–Trinajstić information content (AvgIpc) is 3.47. The SMILES string of the molecule is COC(=O)C(Cc1ccccc1)n1nnnc1[C@H](c1ccccc1)N1CCN(CC=Cc2ccccc2)CC1. The van der Waals surface area contributed by atoms with Gasteiger partial charge in [-0.3, -0.25) is 9.80 Å². The van der Waals surface area contributed by atoms with Crippen molar-refractivity contribution < 1.29 is 9.53 Å². The van der Waals surface area contributed by atoms with Crippen molar-refractivity contribution in [3.63, 3.8) is 0 Å². The molecule has 0 N–H and O–H groups in total. The minimum atomic E-state index is -0.668. The van der Waals surface area contributed by atoms with Crippen molar-refractivity contribution in [3.8, 4) is 0 Å². The highest BCUT2D eigenvalue weighted by atomic mass is 16.5. The lowest BCUT2D eigenvalue weighted by Crippen LogP contribution is -2.48. The van der Waals surface area contributed by atoms with Crippen LogP contribution in [0.5, 0.6) is 0 Å². The van der Waals surface area contributed by atoms with Gasteiger partial charge in [0.25, 0.3) is 0 Å². The average molecular weight is 523 g/mol. The Bertz CT molecular complexity index is 1340. The molecule has 1 fully saturated rings. The number of piperazine rings is 1. The van der Waals surface area contributed by atoms with Gasteiger partial charge in [0.2, 0.25) is 0 Å². The number of hydrogen-bond donors (Lipinski definition) is 0. The largest absolute Gasteiger partial charge is 0.467 e. The number of tetrazole rings is 1. The number of carbonyl (C=O) groups is 1. The van der Waals surface area contributed by atoms with E-state index in [2.05, 4.69) is 73.9 Å². The summed E-state index contributed by atoms with van der Waals surface area (Å²) in [6.45, 7) is 4.46. The number of hydrogen-bond acceptors (Lipinski definition) is 7. The van der Waals surface area contributed by atoms with Gasteiger partial charge in [-0.25, -0.2) is 9.48 Å². The van der Waals surface area contributed by atoms with Crippen LogP contribution in [0.2, 0.25) is 0 Å². The first-order chi connectivity index (χ1) is 19.2. The molecule has 5 rings (SSSR count). The molecule has 4 aromatic rings. The fourth-order valence-electron chi connectivity index (χ4n) is 5.11. The van der Waals surface area contributed by atoms with Gasteiger partial charge in [0.1, 0.15) is 0 Å². The first-order valence-electron chi connectivity index (χ1n) is 13.4. The molecule has 0 bridgehead atoms. The predicted octanol–water partition coefficient (Wildman–Crippen LogP) is 4.05. The van der Waals surface area contributed by atoms with Crippen LogP contribution in [0.25, 0.3) is 6.08 Å². The quantitative estimate of drug-likeness (QED) is 0.291. The smallest absolute Gasteiger partial charge is 0.331 e. The second-order valence-corrected chi connectivity index (χ2v) is 9.67. The Labute approximate surface area is 229 Å². The second-order valence-electron chi connectivity index (χ2n) is 9.67. The van der Waals surface area contributed by atoms with Gasteiger partial charge in [-0.05, 0) is 27.1 Å². The van der Waals surface area contributed by atoms with E-state index >= 15 is 0 Å². The van der Waals surface area contributed by atoms with E-state index in [1.807, 2.05) is 54.6 Å². The van der Waals surface area contributed by atoms with Gasteiger partial charge in [0.15, 0.2) is 11.9 Å². The van der Waals surface area contributed by atoms with Crippen LogP contribution in [0.4, 0.5) is 0 Å². The summed E-state index contributed by atoms with van der Waals surface area (Å²) < 4.78 is 6.85. The Morgan fingerprint density at radius 2 is 1.54 bits per heavy atom. The molecule has 1 unspecified atom stereocenters. The Morgan fingerprint density at radius 3 is 2.21 bits per heavy atom. The Morgan fingerprint density at radius 1 is 0.897 bits per heavy atom. The third-order valence-corrected chi connectivity index (χ3v) is 7.16. The molecule has 1 aliphatic rings. The third kappa shape index (κ3) is 6.66. The maximum Gasteiger partial charge on any atom is 0.331 e. The lowest BCUT2D eigenvalue weighted by Gasteiger charge is -2.38. The molecule has 39 heavy (non-hydrogen) atoms. The molecule has 2 heterocycles. The maximum absolute atomic E-state index is 13.0. The number of aromatic nitrogens is 4. The minimum absolute atomic E-state index is 0.189. The lowest BCUT2D eigenvalue weighted by atomic mass is 10.0. The van der Waals surface area contributed by atoms with Crippen LogP contribution >= 0.6 is 0 Å². The van der Waals surface area contributed by atoms with Gasteiger partial charge in [0, 0.05) is 39.1 Å². The maximum atomic E-state index is 13.0. The molecule has 8 nitrogen and oxygen atoms in total. The summed E-state index contributed by atoms with van der Waals surface area (Å²) in [6.07, 6.45) is 4.84. The normalized spacial score (nSPS) is 16.2. The molecule has 0 aliphatic carbocycles. The van der Waals surface area contributed by atoms with Crippen molar-refractivity contribution in [1.29, 1.82) is 0 Å². The van der Waals surface area contributed by atoms with Crippen LogP contribution in [0.15, 0.2) is 97.1 Å². The van der Waals surface area contributed by atoms with Crippen molar-refractivity contribution >= 4 is 12.0 Å². The molecule has 0 saturated carbocycles. The van der Waals surface area contributed by atoms with Crippen LogP contribution in [0.1, 0.15) is 34.6 Å². The van der Waals surface area contributed by atoms with E-state index in [-0.39, 0.29) is 12.0 Å². The van der Waals surface area contributed by atoms with Gasteiger partial charge in [-0.2, -0.15) is 0 Å². The standard InChI is InChI=1S/C31H34N6O2/c1-39-31(38)28(24-26-14-7-3-8-15-26)37-30(32-33-34-37)29(27-17-9-4-10-18-27)36-22-20-35(21-23-36)19-11-16-25-12-5-2-6-13-25/h2-18,28-29H,19-24H2,1H3/t28?,29-/m0/s1. The van der Waals surface area contributed by atoms with Gasteiger partial charge >= 0.3 is 5.97 Å². The summed E-state index contributed by atoms with van der Waals surface area (Å²) >= 11 is 0. The summed E-state index contributed by atoms with van der Waals surface area (Å²) in [4.78, 5) is 17.8. The van der Waals surface area contributed by atoms with Crippen molar-refractivity contribution in [3.05, 3.63) is 120 Å². The molecule has 1 aromatic heterocycles. The predicted molar refractivity (Wildman–Crippen MR) is 151 cm³/mol. The number of esters is 1. The molecule has 8 heteroatoms. The van der Waals surface area contributed by atoms with E-state index in [1.165, 1.54) is 12.7 Å². The van der Waals surface area contributed by atoms with Crippen LogP contribution in [0, 0.1) is 0 Å². The van der Waals surface area contributed by atoms with Crippen LogP contribution in [-0.4, -0.2) is 75.8 Å². The Balaban J connectivity index is 1.36. The highest BCUT2D eigenvalue weighted by molar-refractivity contribution is 5.74. The zero-order chi connectivity index (χ0) is 26.9. The zero-order valence-electron chi connectivity index (χ0n) is 22.2. The van der Waals surface area contributed by atoms with Crippen LogP contribution < -0.4 is 0 Å². The van der Waals surface area contributed by atoms with E-state index < -0.39 is 6.04 Å². The van der Waals surface area contributed by atoms with E-state index in [4.69, 9.17) is 4.74 Å². The number of benzene rings is 3. The Kier molecular flexibility index (Phi) is 8.88. The van der Waals surface area contributed by atoms with Crippen LogP contribution in [-0.2, 0) is 16.0 Å². The number of methoxy groups -OCH3 is 1. The fraction of sp³-hybridized carbons (Fsp3) is 0.290. The number of rotatable bonds is 10. The lowest BCUT2D eigenvalue weighted by molar-refractivity contribution is -0.145. The number of carbonyl (C=O) groups excluding carboxylic acids is 1. The monoisotopic (exact) mass is 522 g/mol. The molecule has 3 aromatic carbocycles. The first-order valence-corrected chi connectivity index (χ1v) is 13.4. The molecular weight excluding hydrogens is 488 g/mol. The van der Waals surface area contributed by atoms with Crippen LogP contribution in [0.3, 0.4) is 0 Å². The number of ether oxygens (including phenoxy) is 1. The van der Waals surface area contributed by atoms with Gasteiger partial charge < -0.3 is 4.74 Å². The molecular formula is C31H34N6O2. The molecule has 1 saturated heterocycles. The zero-order valence-corrected chi connectivity index (χ0v) is 22.2. The van der Waals surface area contributed by atoms with Gasteiger partial charge in [-0.1, -0.05) is 103 Å². The molecule has 0 spiro atoms. The summed E-state index contributed by atoms with van der Waals surface area (Å²) in [5.74, 6) is 0.277. The first kappa shape index (κ1) is 26.5. The molecule has 200 valence electrons. The summed E-state index contributed by atoms with van der Waals surface area (Å²) in [5, 5.41) is 12.8. The Hall–Kier alpha value is -4.14. The minimum Gasteiger partial charge on any atom is -0.467 e. The van der Waals surface area contributed by atoms with Crippen molar-refractivity contribution in [2.24, 2.45) is 0 Å². The summed E-state index contributed by atoms with van der Waals surface area (Å²) in [7, 11) is 1.41. The van der Waals surface area contributed by atoms with Crippen molar-refractivity contribution in [2.75, 3.05) is 39.8 Å². The second kappa shape index (κ2) is 13.1. The van der Waals surface area contributed by atoms with Crippen molar-refractivity contribution in [1.82, 2.24) is 30.0 Å². The molecule has 1 aliphatic heterocycles. The van der Waals surface area contributed by atoms with Gasteiger partial charge in [-0.15, -0.1) is 5.10 Å². The highest BCUT2D eigenvalue weighted by Gasteiger charge is 2.34. The van der Waals surface area contributed by atoms with E-state index in [9.17, 15) is 4.79 Å². The number of nitrogens with zero attached hydrogens (tertiary/aromatic N) is 6. The summed E-state index contributed by atoms with van der Waals surface area (Å²) in [6, 6.07) is 29.7. The van der Waals surface area contributed by atoms with E-state index in [1.54, 1.807) is 4.68 Å². The summed E-state index contributed by atoms with van der Waals surface area (Å²) in [5.41, 5.74) is 3.32. The molecule has 0 amide bonds. The van der Waals surface area contributed by atoms with Crippen molar-refractivity contribution in [2.45, 2.75) is 18.5 Å². The molecule has 2 atom stereocenters. The van der Waals surface area contributed by atoms with Gasteiger partial charge in [0.05, 0.1) is 13.2 Å². The highest BCUT2D eigenvalue weighted by Crippen LogP contribution is 2.30. The fourth-order valence-corrected chi connectivity index (χ4v) is 5.11. The third-order valence-electron chi connectivity index (χ3n) is 7.16. The topological polar surface area (TPSA) is 76.4 Å². The molecule has 0 radical (unpaired) electrons. The van der Waals surface area contributed by atoms with E-state index in [0.717, 1.165) is 43.9 Å². The van der Waals surface area contributed by atoms with E-state index in [0.29, 0.717) is 12.2 Å².